The summed E-state index contributed by atoms with van der Waals surface area (Å²) in [7, 11) is 2.02. The van der Waals surface area contributed by atoms with Crippen LogP contribution in [0.5, 0.6) is 0 Å². The van der Waals surface area contributed by atoms with Gasteiger partial charge in [-0.1, -0.05) is 17.3 Å². The first kappa shape index (κ1) is 12.5. The van der Waals surface area contributed by atoms with Crippen molar-refractivity contribution in [2.45, 2.75) is 13.5 Å². The van der Waals surface area contributed by atoms with Gasteiger partial charge in [0.05, 0.1) is 17.7 Å². The van der Waals surface area contributed by atoms with E-state index in [4.69, 9.17) is 10.3 Å². The molecule has 5 heteroatoms. The van der Waals surface area contributed by atoms with Crippen molar-refractivity contribution in [2.75, 3.05) is 17.7 Å². The lowest BCUT2D eigenvalue weighted by atomic mass is 10.1. The van der Waals surface area contributed by atoms with Crippen LogP contribution in [-0.2, 0) is 6.54 Å². The SMILES string of the molecule is Cc1cc(CN(C)c2ccnc3c(N)cccc23)no1. The minimum absolute atomic E-state index is 0.672. The van der Waals surface area contributed by atoms with Gasteiger partial charge < -0.3 is 15.2 Å². The van der Waals surface area contributed by atoms with Gasteiger partial charge in [0.1, 0.15) is 11.5 Å². The lowest BCUT2D eigenvalue weighted by Gasteiger charge is -2.19. The second-order valence-corrected chi connectivity index (χ2v) is 4.86. The standard InChI is InChI=1S/C15H16N4O/c1-10-8-11(18-20-10)9-19(2)14-6-7-17-15-12(14)4-3-5-13(15)16/h3-8H,9,16H2,1-2H3. The summed E-state index contributed by atoms with van der Waals surface area (Å²) in [6.07, 6.45) is 1.78. The molecule has 3 rings (SSSR count). The number of fused-ring (bicyclic) bond motifs is 1. The van der Waals surface area contributed by atoms with Crippen LogP contribution in [-0.4, -0.2) is 17.2 Å². The molecule has 3 aromatic rings. The third-order valence-corrected chi connectivity index (χ3v) is 3.27. The third kappa shape index (κ3) is 2.18. The molecule has 102 valence electrons. The van der Waals surface area contributed by atoms with Gasteiger partial charge in [0, 0.05) is 30.4 Å². The maximum absolute atomic E-state index is 5.97. The average Bonchev–Trinajstić information content (AvgIpc) is 2.84. The Labute approximate surface area is 117 Å². The molecule has 0 saturated heterocycles. The third-order valence-electron chi connectivity index (χ3n) is 3.27. The largest absolute Gasteiger partial charge is 0.397 e. The zero-order valence-corrected chi connectivity index (χ0v) is 11.5. The first-order valence-electron chi connectivity index (χ1n) is 6.41. The second-order valence-electron chi connectivity index (χ2n) is 4.86. The molecule has 1 aromatic carbocycles. The molecular formula is C15H16N4O. The van der Waals surface area contributed by atoms with E-state index in [-0.39, 0.29) is 0 Å². The Morgan fingerprint density at radius 3 is 2.90 bits per heavy atom. The topological polar surface area (TPSA) is 68.2 Å². The van der Waals surface area contributed by atoms with Crippen molar-refractivity contribution in [1.29, 1.82) is 0 Å². The molecule has 0 radical (unpaired) electrons. The highest BCUT2D eigenvalue weighted by Crippen LogP contribution is 2.28. The molecule has 5 nitrogen and oxygen atoms in total. The highest BCUT2D eigenvalue weighted by molar-refractivity contribution is 5.97. The fourth-order valence-corrected chi connectivity index (χ4v) is 2.34. The number of nitrogens with zero attached hydrogens (tertiary/aromatic N) is 3. The fourth-order valence-electron chi connectivity index (χ4n) is 2.34. The summed E-state index contributed by atoms with van der Waals surface area (Å²) < 4.78 is 5.10. The minimum atomic E-state index is 0.672. The van der Waals surface area contributed by atoms with Crippen LogP contribution < -0.4 is 10.6 Å². The van der Waals surface area contributed by atoms with Gasteiger partial charge in [-0.15, -0.1) is 0 Å². The lowest BCUT2D eigenvalue weighted by molar-refractivity contribution is 0.390. The summed E-state index contributed by atoms with van der Waals surface area (Å²) in [6.45, 7) is 2.56. The van der Waals surface area contributed by atoms with Gasteiger partial charge in [-0.25, -0.2) is 0 Å². The summed E-state index contributed by atoms with van der Waals surface area (Å²) in [4.78, 5) is 6.46. The van der Waals surface area contributed by atoms with Gasteiger partial charge >= 0.3 is 0 Å². The molecule has 2 aromatic heterocycles. The molecule has 0 atom stereocenters. The number of aromatic nitrogens is 2. The first-order valence-corrected chi connectivity index (χ1v) is 6.41. The minimum Gasteiger partial charge on any atom is -0.397 e. The second kappa shape index (κ2) is 4.85. The lowest BCUT2D eigenvalue weighted by Crippen LogP contribution is -2.17. The van der Waals surface area contributed by atoms with E-state index in [1.165, 1.54) is 0 Å². The highest BCUT2D eigenvalue weighted by Gasteiger charge is 2.10. The molecule has 2 N–H and O–H groups in total. The molecule has 20 heavy (non-hydrogen) atoms. The number of hydrogen-bond acceptors (Lipinski definition) is 5. The van der Waals surface area contributed by atoms with E-state index >= 15 is 0 Å². The summed E-state index contributed by atoms with van der Waals surface area (Å²) >= 11 is 0. The molecule has 0 saturated carbocycles. The van der Waals surface area contributed by atoms with Crippen molar-refractivity contribution in [3.63, 3.8) is 0 Å². The van der Waals surface area contributed by atoms with Crippen molar-refractivity contribution in [3.8, 4) is 0 Å². The predicted molar refractivity (Wildman–Crippen MR) is 79.5 cm³/mol. The van der Waals surface area contributed by atoms with Crippen molar-refractivity contribution < 1.29 is 4.52 Å². The van der Waals surface area contributed by atoms with Crippen LogP contribution in [0, 0.1) is 6.92 Å². The summed E-state index contributed by atoms with van der Waals surface area (Å²) in [5, 5.41) is 5.06. The molecule has 0 spiro atoms. The van der Waals surface area contributed by atoms with Crippen molar-refractivity contribution in [2.24, 2.45) is 0 Å². The molecule has 2 heterocycles. The Bertz CT molecular complexity index is 750. The maximum Gasteiger partial charge on any atom is 0.133 e. The monoisotopic (exact) mass is 268 g/mol. The van der Waals surface area contributed by atoms with E-state index in [1.807, 2.05) is 44.3 Å². The number of pyridine rings is 1. The first-order chi connectivity index (χ1) is 9.65. The fraction of sp³-hybridized carbons (Fsp3) is 0.200. The number of aryl methyl sites for hydroxylation is 1. The number of para-hydroxylation sites is 1. The van der Waals surface area contributed by atoms with E-state index in [9.17, 15) is 0 Å². The molecule has 0 fully saturated rings. The molecule has 0 aliphatic rings. The van der Waals surface area contributed by atoms with Gasteiger partial charge in [0.15, 0.2) is 0 Å². The Morgan fingerprint density at radius 1 is 1.30 bits per heavy atom. The van der Waals surface area contributed by atoms with Gasteiger partial charge in [0.2, 0.25) is 0 Å². The van der Waals surface area contributed by atoms with Gasteiger partial charge in [-0.05, 0) is 19.1 Å². The number of anilines is 2. The Morgan fingerprint density at radius 2 is 2.15 bits per heavy atom. The summed E-state index contributed by atoms with van der Waals surface area (Å²) in [5.74, 6) is 0.817. The zero-order chi connectivity index (χ0) is 14.1. The van der Waals surface area contributed by atoms with Crippen LogP contribution >= 0.6 is 0 Å². The number of benzene rings is 1. The molecule has 0 amide bonds. The number of rotatable bonds is 3. The smallest absolute Gasteiger partial charge is 0.133 e. The molecular weight excluding hydrogens is 252 g/mol. The zero-order valence-electron chi connectivity index (χ0n) is 11.5. The predicted octanol–water partition coefficient (Wildman–Crippen LogP) is 2.75. The van der Waals surface area contributed by atoms with E-state index in [0.717, 1.165) is 28.0 Å². The quantitative estimate of drug-likeness (QED) is 0.740. The average molecular weight is 268 g/mol. The van der Waals surface area contributed by atoms with E-state index in [1.54, 1.807) is 6.20 Å². The van der Waals surface area contributed by atoms with E-state index in [2.05, 4.69) is 15.0 Å². The number of nitrogens with two attached hydrogens (primary N) is 1. The number of nitrogen functional groups attached to an aromatic ring is 1. The summed E-state index contributed by atoms with van der Waals surface area (Å²) in [6, 6.07) is 9.75. The highest BCUT2D eigenvalue weighted by atomic mass is 16.5. The Kier molecular flexibility index (Phi) is 3.02. The van der Waals surface area contributed by atoms with Crippen molar-refractivity contribution >= 4 is 22.3 Å². The molecule has 0 bridgehead atoms. The molecule has 0 aliphatic heterocycles. The van der Waals surface area contributed by atoms with Gasteiger partial charge in [0.25, 0.3) is 0 Å². The van der Waals surface area contributed by atoms with Crippen molar-refractivity contribution in [1.82, 2.24) is 10.1 Å². The normalized spacial score (nSPS) is 10.9. The van der Waals surface area contributed by atoms with Crippen LogP contribution in [0.15, 0.2) is 41.1 Å². The molecule has 0 unspecified atom stereocenters. The van der Waals surface area contributed by atoms with Gasteiger partial charge in [-0.2, -0.15) is 0 Å². The van der Waals surface area contributed by atoms with Gasteiger partial charge in [-0.3, -0.25) is 4.98 Å². The van der Waals surface area contributed by atoms with Crippen LogP contribution in [0.4, 0.5) is 11.4 Å². The van der Waals surface area contributed by atoms with E-state index < -0.39 is 0 Å². The van der Waals surface area contributed by atoms with Crippen LogP contribution in [0.25, 0.3) is 10.9 Å². The van der Waals surface area contributed by atoms with Crippen LogP contribution in [0.2, 0.25) is 0 Å². The molecule has 0 aliphatic carbocycles. The summed E-state index contributed by atoms with van der Waals surface area (Å²) in [5.41, 5.74) is 9.46. The van der Waals surface area contributed by atoms with Crippen LogP contribution in [0.1, 0.15) is 11.5 Å². The van der Waals surface area contributed by atoms with Crippen LogP contribution in [0.3, 0.4) is 0 Å². The maximum atomic E-state index is 5.97. The number of hydrogen-bond donors (Lipinski definition) is 1. The van der Waals surface area contributed by atoms with E-state index in [0.29, 0.717) is 12.2 Å². The van der Waals surface area contributed by atoms with Crippen molar-refractivity contribution in [3.05, 3.63) is 48.0 Å². The Hall–Kier alpha value is -2.56. The Balaban J connectivity index is 1.99.